The van der Waals surface area contributed by atoms with E-state index in [0.29, 0.717) is 12.1 Å². The molecule has 6 heteroatoms. The van der Waals surface area contributed by atoms with Crippen molar-refractivity contribution in [1.82, 2.24) is 19.5 Å². The molecule has 16 heavy (non-hydrogen) atoms. The van der Waals surface area contributed by atoms with Crippen LogP contribution in [0.15, 0.2) is 18.7 Å². The van der Waals surface area contributed by atoms with E-state index in [4.69, 9.17) is 5.26 Å². The molecule has 2 aromatic heterocycles. The van der Waals surface area contributed by atoms with Crippen LogP contribution in [0.25, 0.3) is 5.82 Å². The Morgan fingerprint density at radius 2 is 2.25 bits per heavy atom. The van der Waals surface area contributed by atoms with Gasteiger partial charge in [0, 0.05) is 12.4 Å². The molecule has 2 rings (SSSR count). The second-order valence-corrected chi connectivity index (χ2v) is 3.04. The molecule has 5 nitrogen and oxygen atoms in total. The predicted octanol–water partition coefficient (Wildman–Crippen LogP) is 1.24. The zero-order valence-corrected chi connectivity index (χ0v) is 8.55. The van der Waals surface area contributed by atoms with Crippen molar-refractivity contribution in [2.24, 2.45) is 0 Å². The third-order valence-electron chi connectivity index (χ3n) is 2.15. The summed E-state index contributed by atoms with van der Waals surface area (Å²) >= 11 is 0. The molecule has 0 aromatic carbocycles. The Balaban J connectivity index is 2.62. The first kappa shape index (κ1) is 10.2. The van der Waals surface area contributed by atoms with Crippen molar-refractivity contribution in [3.63, 3.8) is 0 Å². The fourth-order valence-corrected chi connectivity index (χ4v) is 1.37. The van der Waals surface area contributed by atoms with Gasteiger partial charge in [0.1, 0.15) is 12.4 Å². The first-order valence-electron chi connectivity index (χ1n) is 4.71. The molecule has 0 atom stereocenters. The summed E-state index contributed by atoms with van der Waals surface area (Å²) in [4.78, 5) is 11.4. The maximum Gasteiger partial charge on any atom is 0.218 e. The van der Waals surface area contributed by atoms with Gasteiger partial charge in [-0.15, -0.1) is 0 Å². The molecule has 0 N–H and O–H groups in total. The Hall–Kier alpha value is -2.29. The summed E-state index contributed by atoms with van der Waals surface area (Å²) in [6.45, 7) is 1.80. The van der Waals surface area contributed by atoms with Gasteiger partial charge >= 0.3 is 0 Å². The average Bonchev–Trinajstić information content (AvgIpc) is 2.77. The topological polar surface area (TPSA) is 67.4 Å². The summed E-state index contributed by atoms with van der Waals surface area (Å²) in [7, 11) is 0. The third kappa shape index (κ3) is 1.52. The van der Waals surface area contributed by atoms with Gasteiger partial charge in [-0.1, -0.05) is 6.92 Å². The highest BCUT2D eigenvalue weighted by Gasteiger charge is 2.13. The molecule has 0 unspecified atom stereocenters. The van der Waals surface area contributed by atoms with E-state index >= 15 is 0 Å². The number of imidazole rings is 1. The van der Waals surface area contributed by atoms with Crippen molar-refractivity contribution in [2.45, 2.75) is 13.3 Å². The molecule has 2 heterocycles. The number of hydrogen-bond donors (Lipinski definition) is 0. The van der Waals surface area contributed by atoms with Gasteiger partial charge in [-0.3, -0.25) is 4.57 Å². The van der Waals surface area contributed by atoms with Crippen molar-refractivity contribution in [3.05, 3.63) is 36.1 Å². The van der Waals surface area contributed by atoms with Crippen LogP contribution in [0.4, 0.5) is 4.39 Å². The maximum atomic E-state index is 13.9. The van der Waals surface area contributed by atoms with Gasteiger partial charge in [0.25, 0.3) is 0 Å². The van der Waals surface area contributed by atoms with E-state index in [9.17, 15) is 4.39 Å². The van der Waals surface area contributed by atoms with E-state index in [1.807, 2.05) is 6.07 Å². The lowest BCUT2D eigenvalue weighted by molar-refractivity contribution is 0.581. The molecule has 0 saturated heterocycles. The van der Waals surface area contributed by atoms with Crippen LogP contribution in [0.5, 0.6) is 0 Å². The van der Waals surface area contributed by atoms with Crippen LogP contribution < -0.4 is 0 Å². The Morgan fingerprint density at radius 1 is 1.44 bits per heavy atom. The van der Waals surface area contributed by atoms with Gasteiger partial charge in [-0.25, -0.2) is 19.3 Å². The summed E-state index contributed by atoms with van der Waals surface area (Å²) < 4.78 is 15.2. The van der Waals surface area contributed by atoms with Crippen LogP contribution in [-0.4, -0.2) is 19.5 Å². The number of nitriles is 1. The highest BCUT2D eigenvalue weighted by molar-refractivity contribution is 5.31. The number of aryl methyl sites for hydroxylation is 1. The number of aromatic nitrogens is 4. The van der Waals surface area contributed by atoms with Crippen molar-refractivity contribution in [2.75, 3.05) is 0 Å². The fraction of sp³-hybridized carbons (Fsp3) is 0.200. The molecule has 0 saturated carbocycles. The number of nitrogens with zero attached hydrogens (tertiary/aromatic N) is 5. The molecule has 0 aliphatic heterocycles. The van der Waals surface area contributed by atoms with E-state index < -0.39 is 5.82 Å². The van der Waals surface area contributed by atoms with Crippen LogP contribution in [0.3, 0.4) is 0 Å². The zero-order chi connectivity index (χ0) is 11.5. The summed E-state index contributed by atoms with van der Waals surface area (Å²) in [5.41, 5.74) is 0.322. The lowest BCUT2D eigenvalue weighted by atomic mass is 10.3. The van der Waals surface area contributed by atoms with Gasteiger partial charge in [0.15, 0.2) is 11.6 Å². The second-order valence-electron chi connectivity index (χ2n) is 3.04. The minimum Gasteiger partial charge on any atom is -0.273 e. The van der Waals surface area contributed by atoms with Crippen molar-refractivity contribution < 1.29 is 4.39 Å². The third-order valence-corrected chi connectivity index (χ3v) is 2.15. The Bertz CT molecular complexity index is 555. The SMILES string of the molecule is CCc1ncnc(-n2ccnc2C#N)c1F. The lowest BCUT2D eigenvalue weighted by Crippen LogP contribution is -2.06. The molecule has 0 amide bonds. The lowest BCUT2D eigenvalue weighted by Gasteiger charge is -2.05. The van der Waals surface area contributed by atoms with E-state index in [1.165, 1.54) is 23.3 Å². The summed E-state index contributed by atoms with van der Waals surface area (Å²) in [6.07, 6.45) is 4.66. The van der Waals surface area contributed by atoms with E-state index in [-0.39, 0.29) is 11.6 Å². The Morgan fingerprint density at radius 3 is 2.94 bits per heavy atom. The monoisotopic (exact) mass is 217 g/mol. The van der Waals surface area contributed by atoms with Gasteiger partial charge in [0.05, 0.1) is 5.69 Å². The molecule has 0 spiro atoms. The van der Waals surface area contributed by atoms with Crippen LogP contribution in [0.2, 0.25) is 0 Å². The maximum absolute atomic E-state index is 13.9. The van der Waals surface area contributed by atoms with Crippen molar-refractivity contribution in [3.8, 4) is 11.9 Å². The molecule has 0 radical (unpaired) electrons. The quantitative estimate of drug-likeness (QED) is 0.758. The van der Waals surface area contributed by atoms with Gasteiger partial charge in [-0.2, -0.15) is 5.26 Å². The summed E-state index contributed by atoms with van der Waals surface area (Å²) in [5, 5.41) is 8.79. The summed E-state index contributed by atoms with van der Waals surface area (Å²) in [5.74, 6) is -0.361. The average molecular weight is 217 g/mol. The minimum atomic E-state index is -0.514. The number of halogens is 1. The van der Waals surface area contributed by atoms with Crippen molar-refractivity contribution >= 4 is 0 Å². The molecule has 2 aromatic rings. The normalized spacial score (nSPS) is 10.1. The summed E-state index contributed by atoms with van der Waals surface area (Å²) in [6, 6.07) is 1.86. The van der Waals surface area contributed by atoms with Crippen molar-refractivity contribution in [1.29, 1.82) is 5.26 Å². The molecule has 0 fully saturated rings. The second kappa shape index (κ2) is 4.06. The van der Waals surface area contributed by atoms with E-state index in [2.05, 4.69) is 15.0 Å². The highest BCUT2D eigenvalue weighted by Crippen LogP contribution is 2.14. The Labute approximate surface area is 91.2 Å². The Kier molecular flexibility index (Phi) is 2.60. The highest BCUT2D eigenvalue weighted by atomic mass is 19.1. The molecule has 0 aliphatic carbocycles. The molecule has 80 valence electrons. The number of hydrogen-bond acceptors (Lipinski definition) is 4. The zero-order valence-electron chi connectivity index (χ0n) is 8.55. The van der Waals surface area contributed by atoms with Crippen LogP contribution in [0.1, 0.15) is 18.4 Å². The number of rotatable bonds is 2. The fourth-order valence-electron chi connectivity index (χ4n) is 1.37. The van der Waals surface area contributed by atoms with E-state index in [1.54, 1.807) is 6.92 Å². The molecule has 0 bridgehead atoms. The van der Waals surface area contributed by atoms with Gasteiger partial charge in [-0.05, 0) is 6.42 Å². The first-order valence-corrected chi connectivity index (χ1v) is 4.71. The van der Waals surface area contributed by atoms with E-state index in [0.717, 1.165) is 0 Å². The predicted molar refractivity (Wildman–Crippen MR) is 53.2 cm³/mol. The molecular weight excluding hydrogens is 209 g/mol. The minimum absolute atomic E-state index is 0.0564. The van der Waals surface area contributed by atoms with Crippen LogP contribution >= 0.6 is 0 Å². The van der Waals surface area contributed by atoms with Crippen LogP contribution in [0, 0.1) is 17.1 Å². The van der Waals surface area contributed by atoms with Crippen LogP contribution in [-0.2, 0) is 6.42 Å². The first-order chi connectivity index (χ1) is 7.77. The molecular formula is C10H8FN5. The smallest absolute Gasteiger partial charge is 0.218 e. The van der Waals surface area contributed by atoms with Gasteiger partial charge < -0.3 is 0 Å². The van der Waals surface area contributed by atoms with Gasteiger partial charge in [0.2, 0.25) is 5.82 Å². The standard InChI is InChI=1S/C10H8FN5/c1-2-7-9(11)10(15-6-14-7)16-4-3-13-8(16)5-12/h3-4,6H,2H2,1H3. The molecule has 0 aliphatic rings. The largest absolute Gasteiger partial charge is 0.273 e.